The lowest BCUT2D eigenvalue weighted by molar-refractivity contribution is 0.296. The summed E-state index contributed by atoms with van der Waals surface area (Å²) >= 11 is 5.98. The standard InChI is InChI=1S/C16H24ClN/c1-2-11-18-12-14-5-3-4-6-16(14)13-7-9-15(17)10-8-13/h7-10,14,16,18H,2-6,11-12H2,1H3. The van der Waals surface area contributed by atoms with Gasteiger partial charge in [0, 0.05) is 5.02 Å². The molecule has 1 nitrogen and oxygen atoms in total. The molecular formula is C16H24ClN. The largest absolute Gasteiger partial charge is 0.316 e. The van der Waals surface area contributed by atoms with E-state index in [9.17, 15) is 0 Å². The van der Waals surface area contributed by atoms with E-state index in [1.807, 2.05) is 12.1 Å². The lowest BCUT2D eigenvalue weighted by Gasteiger charge is -2.32. The second-order valence-electron chi connectivity index (χ2n) is 5.41. The van der Waals surface area contributed by atoms with Gasteiger partial charge in [0.2, 0.25) is 0 Å². The molecule has 0 heterocycles. The van der Waals surface area contributed by atoms with Crippen LogP contribution in [0.15, 0.2) is 24.3 Å². The molecule has 1 N–H and O–H groups in total. The van der Waals surface area contributed by atoms with Gasteiger partial charge in [-0.05, 0) is 61.9 Å². The predicted octanol–water partition coefficient (Wildman–Crippen LogP) is 4.61. The lowest BCUT2D eigenvalue weighted by Crippen LogP contribution is -2.30. The van der Waals surface area contributed by atoms with Crippen LogP contribution in [-0.2, 0) is 0 Å². The van der Waals surface area contributed by atoms with E-state index < -0.39 is 0 Å². The number of rotatable bonds is 5. The van der Waals surface area contributed by atoms with Crippen molar-refractivity contribution >= 4 is 11.6 Å². The Morgan fingerprint density at radius 1 is 1.17 bits per heavy atom. The van der Waals surface area contributed by atoms with Gasteiger partial charge >= 0.3 is 0 Å². The van der Waals surface area contributed by atoms with E-state index in [0.717, 1.165) is 23.4 Å². The maximum atomic E-state index is 5.98. The second kappa shape index (κ2) is 7.16. The fourth-order valence-electron chi connectivity index (χ4n) is 3.07. The van der Waals surface area contributed by atoms with Gasteiger partial charge in [0.05, 0.1) is 0 Å². The van der Waals surface area contributed by atoms with E-state index in [2.05, 4.69) is 24.4 Å². The van der Waals surface area contributed by atoms with Crippen molar-refractivity contribution in [2.75, 3.05) is 13.1 Å². The average molecular weight is 266 g/mol. The molecule has 2 atom stereocenters. The van der Waals surface area contributed by atoms with Crippen molar-refractivity contribution in [2.24, 2.45) is 5.92 Å². The van der Waals surface area contributed by atoms with E-state index >= 15 is 0 Å². The van der Waals surface area contributed by atoms with E-state index in [0.29, 0.717) is 0 Å². The van der Waals surface area contributed by atoms with Gasteiger partial charge in [0.15, 0.2) is 0 Å². The Morgan fingerprint density at radius 2 is 1.89 bits per heavy atom. The predicted molar refractivity (Wildman–Crippen MR) is 79.3 cm³/mol. The van der Waals surface area contributed by atoms with Gasteiger partial charge in [-0.15, -0.1) is 0 Å². The molecule has 2 rings (SSSR count). The van der Waals surface area contributed by atoms with Crippen LogP contribution in [0.5, 0.6) is 0 Å². The third-order valence-electron chi connectivity index (χ3n) is 4.04. The highest BCUT2D eigenvalue weighted by Gasteiger charge is 2.25. The van der Waals surface area contributed by atoms with Crippen LogP contribution < -0.4 is 5.32 Å². The highest BCUT2D eigenvalue weighted by molar-refractivity contribution is 6.30. The number of halogens is 1. The van der Waals surface area contributed by atoms with Crippen molar-refractivity contribution < 1.29 is 0 Å². The smallest absolute Gasteiger partial charge is 0.0406 e. The number of nitrogens with one attached hydrogen (secondary N) is 1. The minimum Gasteiger partial charge on any atom is -0.316 e. The molecule has 1 aromatic rings. The van der Waals surface area contributed by atoms with Crippen LogP contribution in [0.3, 0.4) is 0 Å². The average Bonchev–Trinajstić information content (AvgIpc) is 2.41. The summed E-state index contributed by atoms with van der Waals surface area (Å²) in [7, 11) is 0. The molecule has 2 unspecified atom stereocenters. The third-order valence-corrected chi connectivity index (χ3v) is 4.29. The SMILES string of the molecule is CCCNCC1CCCCC1c1ccc(Cl)cc1. The van der Waals surface area contributed by atoms with Gasteiger partial charge in [-0.2, -0.15) is 0 Å². The summed E-state index contributed by atoms with van der Waals surface area (Å²) in [4.78, 5) is 0. The molecule has 0 saturated heterocycles. The van der Waals surface area contributed by atoms with Crippen LogP contribution in [0, 0.1) is 5.92 Å². The molecule has 0 aromatic heterocycles. The lowest BCUT2D eigenvalue weighted by atomic mass is 9.75. The van der Waals surface area contributed by atoms with E-state index in [-0.39, 0.29) is 0 Å². The van der Waals surface area contributed by atoms with E-state index in [1.165, 1.54) is 44.2 Å². The molecule has 1 aromatic carbocycles. The van der Waals surface area contributed by atoms with Crippen molar-refractivity contribution in [2.45, 2.75) is 44.9 Å². The Morgan fingerprint density at radius 3 is 2.61 bits per heavy atom. The molecule has 0 radical (unpaired) electrons. The highest BCUT2D eigenvalue weighted by Crippen LogP contribution is 2.37. The monoisotopic (exact) mass is 265 g/mol. The zero-order valence-electron chi connectivity index (χ0n) is 11.3. The molecular weight excluding hydrogens is 242 g/mol. The topological polar surface area (TPSA) is 12.0 Å². The zero-order valence-corrected chi connectivity index (χ0v) is 12.0. The molecule has 100 valence electrons. The summed E-state index contributed by atoms with van der Waals surface area (Å²) in [6, 6.07) is 8.49. The number of benzene rings is 1. The van der Waals surface area contributed by atoms with Gasteiger partial charge in [-0.3, -0.25) is 0 Å². The molecule has 0 amide bonds. The first-order chi connectivity index (χ1) is 8.81. The van der Waals surface area contributed by atoms with Gasteiger partial charge < -0.3 is 5.32 Å². The molecule has 0 bridgehead atoms. The Hall–Kier alpha value is -0.530. The fourth-order valence-corrected chi connectivity index (χ4v) is 3.19. The van der Waals surface area contributed by atoms with Crippen LogP contribution in [0.1, 0.15) is 50.5 Å². The Kier molecular flexibility index (Phi) is 5.52. The quantitative estimate of drug-likeness (QED) is 0.767. The van der Waals surface area contributed by atoms with Gasteiger partial charge in [0.25, 0.3) is 0 Å². The summed E-state index contributed by atoms with van der Waals surface area (Å²) in [5.74, 6) is 1.52. The van der Waals surface area contributed by atoms with Crippen LogP contribution >= 0.6 is 11.6 Å². The molecule has 1 aliphatic carbocycles. The van der Waals surface area contributed by atoms with Crippen molar-refractivity contribution in [3.05, 3.63) is 34.9 Å². The van der Waals surface area contributed by atoms with Gasteiger partial charge in [-0.1, -0.05) is 43.5 Å². The van der Waals surface area contributed by atoms with Crippen LogP contribution in [0.2, 0.25) is 5.02 Å². The maximum Gasteiger partial charge on any atom is 0.0406 e. The van der Waals surface area contributed by atoms with Gasteiger partial charge in [-0.25, -0.2) is 0 Å². The summed E-state index contributed by atoms with van der Waals surface area (Å²) < 4.78 is 0. The first-order valence-corrected chi connectivity index (χ1v) is 7.65. The normalized spacial score (nSPS) is 24.1. The molecule has 1 aliphatic rings. The van der Waals surface area contributed by atoms with Crippen molar-refractivity contribution in [3.63, 3.8) is 0 Å². The minimum absolute atomic E-state index is 0.723. The van der Waals surface area contributed by atoms with E-state index in [4.69, 9.17) is 11.6 Å². The summed E-state index contributed by atoms with van der Waals surface area (Å²) in [5.41, 5.74) is 1.47. The van der Waals surface area contributed by atoms with Gasteiger partial charge in [0.1, 0.15) is 0 Å². The molecule has 0 spiro atoms. The maximum absolute atomic E-state index is 5.98. The van der Waals surface area contributed by atoms with Crippen molar-refractivity contribution in [1.29, 1.82) is 0 Å². The number of hydrogen-bond acceptors (Lipinski definition) is 1. The van der Waals surface area contributed by atoms with Crippen molar-refractivity contribution in [3.8, 4) is 0 Å². The first kappa shape index (κ1) is 13.9. The van der Waals surface area contributed by atoms with Crippen LogP contribution in [0.4, 0.5) is 0 Å². The van der Waals surface area contributed by atoms with E-state index in [1.54, 1.807) is 0 Å². The minimum atomic E-state index is 0.723. The third kappa shape index (κ3) is 3.73. The zero-order chi connectivity index (χ0) is 12.8. The summed E-state index contributed by atoms with van der Waals surface area (Å²) in [5, 5.41) is 4.43. The molecule has 1 saturated carbocycles. The first-order valence-electron chi connectivity index (χ1n) is 7.27. The van der Waals surface area contributed by atoms with Crippen LogP contribution in [0.25, 0.3) is 0 Å². The Bertz CT molecular complexity index is 347. The Labute approximate surface area is 116 Å². The van der Waals surface area contributed by atoms with Crippen LogP contribution in [-0.4, -0.2) is 13.1 Å². The summed E-state index contributed by atoms with van der Waals surface area (Å²) in [6.45, 7) is 4.54. The Balaban J connectivity index is 2.00. The molecule has 18 heavy (non-hydrogen) atoms. The summed E-state index contributed by atoms with van der Waals surface area (Å²) in [6.07, 6.45) is 6.68. The molecule has 0 aliphatic heterocycles. The molecule has 2 heteroatoms. The fraction of sp³-hybridized carbons (Fsp3) is 0.625. The second-order valence-corrected chi connectivity index (χ2v) is 5.84. The van der Waals surface area contributed by atoms with Crippen molar-refractivity contribution in [1.82, 2.24) is 5.32 Å². The highest BCUT2D eigenvalue weighted by atomic mass is 35.5. The number of hydrogen-bond donors (Lipinski definition) is 1. The molecule has 1 fully saturated rings.